The molecule has 0 spiro atoms. The summed E-state index contributed by atoms with van der Waals surface area (Å²) in [5.74, 6) is 1.31. The number of benzene rings is 6. The zero-order chi connectivity index (χ0) is 37.6. The van der Waals surface area contributed by atoms with Crippen LogP contribution in [0.3, 0.4) is 0 Å². The third-order valence-corrected chi connectivity index (χ3v) is 14.8. The van der Waals surface area contributed by atoms with Crippen molar-refractivity contribution in [3.05, 3.63) is 219 Å². The van der Waals surface area contributed by atoms with E-state index in [1.165, 1.54) is 100.0 Å². The summed E-state index contributed by atoms with van der Waals surface area (Å²) in [6.07, 6.45) is 23.2. The molecule has 0 fully saturated rings. The van der Waals surface area contributed by atoms with Gasteiger partial charge in [0.1, 0.15) is 0 Å². The van der Waals surface area contributed by atoms with Crippen LogP contribution in [-0.2, 0) is 0 Å². The summed E-state index contributed by atoms with van der Waals surface area (Å²) in [5.41, 5.74) is 27.5. The van der Waals surface area contributed by atoms with Gasteiger partial charge in [-0.25, -0.2) is 0 Å². The molecular weight excluding hydrogens is 697 g/mol. The van der Waals surface area contributed by atoms with Gasteiger partial charge < -0.3 is 0 Å². The zero-order valence-corrected chi connectivity index (χ0v) is 32.4. The largest absolute Gasteiger partial charge is 0.0842 e. The average molecular weight is 737 g/mol. The van der Waals surface area contributed by atoms with Crippen LogP contribution in [0.5, 0.6) is 0 Å². The van der Waals surface area contributed by atoms with Gasteiger partial charge in [0.25, 0.3) is 0 Å². The summed E-state index contributed by atoms with van der Waals surface area (Å²) in [7, 11) is 0. The van der Waals surface area contributed by atoms with E-state index in [1.54, 1.807) is 33.4 Å². The summed E-state index contributed by atoms with van der Waals surface area (Å²) >= 11 is 0. The molecule has 0 aromatic heterocycles. The second-order valence-electron chi connectivity index (χ2n) is 17.6. The Balaban J connectivity index is 1.11. The highest BCUT2D eigenvalue weighted by atomic mass is 14.5. The van der Waals surface area contributed by atoms with Gasteiger partial charge in [0.15, 0.2) is 0 Å². The lowest BCUT2D eigenvalue weighted by molar-refractivity contribution is 0.593. The van der Waals surface area contributed by atoms with E-state index >= 15 is 0 Å². The molecular formula is C58H40. The first-order valence-electron chi connectivity index (χ1n) is 21.5. The molecule has 58 heavy (non-hydrogen) atoms. The highest BCUT2D eigenvalue weighted by Gasteiger charge is 2.44. The van der Waals surface area contributed by atoms with Crippen LogP contribution in [0, 0.1) is 17.8 Å². The first-order valence-corrected chi connectivity index (χ1v) is 21.5. The van der Waals surface area contributed by atoms with E-state index in [4.69, 9.17) is 0 Å². The molecule has 14 rings (SSSR count). The number of hydrogen-bond donors (Lipinski definition) is 0. The summed E-state index contributed by atoms with van der Waals surface area (Å²) in [6.45, 7) is 0. The van der Waals surface area contributed by atoms with E-state index in [0.717, 1.165) is 25.7 Å². The van der Waals surface area contributed by atoms with Gasteiger partial charge in [-0.1, -0.05) is 146 Å². The van der Waals surface area contributed by atoms with Crippen LogP contribution in [0.1, 0.15) is 54.4 Å². The quantitative estimate of drug-likeness (QED) is 0.170. The van der Waals surface area contributed by atoms with Crippen molar-refractivity contribution in [3.63, 3.8) is 0 Å². The van der Waals surface area contributed by atoms with E-state index in [2.05, 4.69) is 164 Å². The topological polar surface area (TPSA) is 0 Å². The Kier molecular flexibility index (Phi) is 6.29. The molecule has 6 aromatic rings. The monoisotopic (exact) mass is 736 g/mol. The van der Waals surface area contributed by atoms with Gasteiger partial charge >= 0.3 is 0 Å². The van der Waals surface area contributed by atoms with Crippen molar-refractivity contribution in [3.8, 4) is 33.4 Å². The van der Waals surface area contributed by atoms with Crippen molar-refractivity contribution in [2.75, 3.05) is 0 Å². The smallest absolute Gasteiger partial charge is 0.0197 e. The lowest BCUT2D eigenvalue weighted by atomic mass is 9.63. The van der Waals surface area contributed by atoms with E-state index in [1.807, 2.05) is 0 Å². The van der Waals surface area contributed by atoms with E-state index in [9.17, 15) is 0 Å². The maximum atomic E-state index is 2.66. The van der Waals surface area contributed by atoms with Crippen LogP contribution < -0.4 is 10.4 Å². The highest BCUT2D eigenvalue weighted by Crippen LogP contribution is 2.62. The van der Waals surface area contributed by atoms with Crippen LogP contribution in [-0.4, -0.2) is 0 Å². The molecule has 8 aliphatic rings. The molecule has 0 aliphatic heterocycles. The molecule has 0 heterocycles. The first-order chi connectivity index (χ1) is 28.8. The molecule has 272 valence electrons. The minimum atomic E-state index is 0.369. The number of allylic oxidation sites excluding steroid dienone is 14. The first kappa shape index (κ1) is 31.6. The zero-order valence-electron chi connectivity index (χ0n) is 32.4. The van der Waals surface area contributed by atoms with Gasteiger partial charge in [-0.2, -0.15) is 0 Å². The minimum absolute atomic E-state index is 0.369. The number of rotatable bonds is 3. The van der Waals surface area contributed by atoms with Gasteiger partial charge in [0.2, 0.25) is 0 Å². The average Bonchev–Trinajstić information content (AvgIpc) is 3.78. The normalized spacial score (nSPS) is 22.3. The van der Waals surface area contributed by atoms with Crippen LogP contribution in [0.4, 0.5) is 0 Å². The SMILES string of the molecule is C1=CC2=c3cccc4c3=C(CC2CC1)c1c-4c(-c2ccccc2)c2cc3c(cc2c1-c1ccccc1)C1=C2C3=CC3=CC(c4ccccc4)=CC4C=CC(=C2C34)CC1. The van der Waals surface area contributed by atoms with Crippen molar-refractivity contribution in [1.82, 2.24) is 0 Å². The Hall–Kier alpha value is -6.50. The fourth-order valence-electron chi connectivity index (χ4n) is 12.5. The molecule has 3 atom stereocenters. The van der Waals surface area contributed by atoms with Crippen molar-refractivity contribution in [2.24, 2.45) is 17.8 Å². The van der Waals surface area contributed by atoms with Gasteiger partial charge in [0.05, 0.1) is 0 Å². The molecule has 0 nitrogen and oxygen atoms in total. The maximum absolute atomic E-state index is 2.66. The Labute approximate surface area is 339 Å². The number of fused-ring (bicyclic) bond motifs is 8. The molecule has 0 saturated carbocycles. The van der Waals surface area contributed by atoms with E-state index in [0.29, 0.717) is 17.8 Å². The van der Waals surface area contributed by atoms with Gasteiger partial charge in [-0.15, -0.1) is 0 Å². The maximum Gasteiger partial charge on any atom is 0.0197 e. The van der Waals surface area contributed by atoms with E-state index < -0.39 is 0 Å². The molecule has 6 aromatic carbocycles. The lowest BCUT2D eigenvalue weighted by Gasteiger charge is -2.41. The van der Waals surface area contributed by atoms with Gasteiger partial charge in [-0.3, -0.25) is 0 Å². The van der Waals surface area contributed by atoms with Gasteiger partial charge in [0, 0.05) is 11.8 Å². The van der Waals surface area contributed by atoms with Crippen molar-refractivity contribution in [2.45, 2.75) is 32.1 Å². The summed E-state index contributed by atoms with van der Waals surface area (Å²) in [6, 6.07) is 46.2. The second kappa shape index (κ2) is 11.6. The van der Waals surface area contributed by atoms with Crippen molar-refractivity contribution in [1.29, 1.82) is 0 Å². The summed E-state index contributed by atoms with van der Waals surface area (Å²) < 4.78 is 0. The van der Waals surface area contributed by atoms with Crippen molar-refractivity contribution < 1.29 is 0 Å². The molecule has 8 aliphatic carbocycles. The summed E-state index contributed by atoms with van der Waals surface area (Å²) in [4.78, 5) is 0. The number of hydrogen-bond acceptors (Lipinski definition) is 0. The van der Waals surface area contributed by atoms with Crippen LogP contribution in [0.2, 0.25) is 0 Å². The minimum Gasteiger partial charge on any atom is -0.0842 e. The Morgan fingerprint density at radius 1 is 0.569 bits per heavy atom. The standard InChI is InChI=1S/C58H40/c1-4-13-33(14-5-1)39-27-38-24-23-36-25-26-43-45-31-48-49(32-46(45)47-30-40(28-39)51(38)54(36)56(43)47)52(34-15-6-2-7-16-34)57-44-22-12-21-42-41-20-11-10-19-37(41)29-50(55(42)44)58(57)53(48)35-17-8-3-9-18-35/h1-9,11-18,20-24,27-28,30-32,37-38,51H,10,19,25-26,29H2. The predicted octanol–water partition coefficient (Wildman–Crippen LogP) is 13.0. The molecule has 0 N–H and O–H groups in total. The van der Waals surface area contributed by atoms with Crippen LogP contribution in [0.25, 0.3) is 72.0 Å². The van der Waals surface area contributed by atoms with Crippen molar-refractivity contribution >= 4 is 38.6 Å². The Morgan fingerprint density at radius 2 is 1.29 bits per heavy atom. The fourth-order valence-corrected chi connectivity index (χ4v) is 12.5. The fraction of sp³-hybridized carbons (Fsp3) is 0.138. The molecule has 0 radical (unpaired) electrons. The predicted molar refractivity (Wildman–Crippen MR) is 242 cm³/mol. The Morgan fingerprint density at radius 3 is 2.07 bits per heavy atom. The molecule has 0 bridgehead atoms. The van der Waals surface area contributed by atoms with Crippen LogP contribution in [0.15, 0.2) is 186 Å². The Bertz CT molecular complexity index is 3260. The molecule has 0 saturated heterocycles. The molecule has 0 heteroatoms. The summed E-state index contributed by atoms with van der Waals surface area (Å²) in [5, 5.41) is 5.69. The molecule has 0 amide bonds. The van der Waals surface area contributed by atoms with E-state index in [-0.39, 0.29) is 0 Å². The van der Waals surface area contributed by atoms with Gasteiger partial charge in [-0.05, 0) is 183 Å². The highest BCUT2D eigenvalue weighted by molar-refractivity contribution is 6.21. The van der Waals surface area contributed by atoms with Crippen LogP contribution >= 0.6 is 0 Å². The third-order valence-electron chi connectivity index (χ3n) is 14.8. The lowest BCUT2D eigenvalue weighted by Crippen LogP contribution is -2.35. The second-order valence-corrected chi connectivity index (χ2v) is 17.6. The third kappa shape index (κ3) is 4.10. The molecule has 3 unspecified atom stereocenters.